The third-order valence-electron chi connectivity index (χ3n) is 3.64. The van der Waals surface area contributed by atoms with Gasteiger partial charge in [0.1, 0.15) is 0 Å². The molecule has 0 aromatic heterocycles. The minimum absolute atomic E-state index is 0.0524. The lowest BCUT2D eigenvalue weighted by molar-refractivity contribution is -0.138. The van der Waals surface area contributed by atoms with E-state index in [2.05, 4.69) is 0 Å². The molecule has 1 aliphatic carbocycles. The second-order valence-corrected chi connectivity index (χ2v) is 5.12. The van der Waals surface area contributed by atoms with Crippen molar-refractivity contribution in [2.75, 3.05) is 0 Å². The van der Waals surface area contributed by atoms with E-state index in [-0.39, 0.29) is 11.8 Å². The fraction of sp³-hybridized carbons (Fsp3) is 0.571. The lowest BCUT2D eigenvalue weighted by Crippen LogP contribution is -2.20. The quantitative estimate of drug-likeness (QED) is 0.664. The zero-order valence-corrected chi connectivity index (χ0v) is 10.1. The van der Waals surface area contributed by atoms with Crippen LogP contribution in [0.3, 0.4) is 0 Å². The smallest absolute Gasteiger partial charge is 0.166 e. The fourth-order valence-electron chi connectivity index (χ4n) is 2.84. The number of hydrogen-bond acceptors (Lipinski definition) is 0. The van der Waals surface area contributed by atoms with Gasteiger partial charge < -0.3 is 0 Å². The summed E-state index contributed by atoms with van der Waals surface area (Å²) in [5, 5.41) is 0. The molecule has 94 valence electrons. The van der Waals surface area contributed by atoms with Crippen LogP contribution in [0.15, 0.2) is 18.2 Å². The van der Waals surface area contributed by atoms with Crippen molar-refractivity contribution in [3.8, 4) is 0 Å². The van der Waals surface area contributed by atoms with E-state index >= 15 is 0 Å². The minimum atomic E-state index is -4.23. The van der Waals surface area contributed by atoms with Crippen molar-refractivity contribution in [3.63, 3.8) is 0 Å². The summed E-state index contributed by atoms with van der Waals surface area (Å²) in [6, 6.07) is 4.60. The largest absolute Gasteiger partial charge is 0.416 e. The molecule has 0 aliphatic heterocycles. The SMILES string of the molecule is CC(C)C1CCCc2cccc(C(F)(F)F)c21. The van der Waals surface area contributed by atoms with Crippen LogP contribution in [0.2, 0.25) is 0 Å². The molecule has 0 spiro atoms. The van der Waals surface area contributed by atoms with E-state index in [1.807, 2.05) is 19.9 Å². The number of fused-ring (bicyclic) bond motifs is 1. The van der Waals surface area contributed by atoms with E-state index in [0.29, 0.717) is 5.56 Å². The van der Waals surface area contributed by atoms with Crippen molar-refractivity contribution in [1.82, 2.24) is 0 Å². The van der Waals surface area contributed by atoms with Crippen molar-refractivity contribution in [3.05, 3.63) is 34.9 Å². The summed E-state index contributed by atoms with van der Waals surface area (Å²) in [6.45, 7) is 4.01. The van der Waals surface area contributed by atoms with Gasteiger partial charge in [0.15, 0.2) is 0 Å². The summed E-state index contributed by atoms with van der Waals surface area (Å²) in [7, 11) is 0. The molecule has 1 aromatic carbocycles. The molecule has 17 heavy (non-hydrogen) atoms. The number of alkyl halides is 3. The van der Waals surface area contributed by atoms with Gasteiger partial charge in [0, 0.05) is 0 Å². The molecule has 0 saturated heterocycles. The predicted molar refractivity (Wildman–Crippen MR) is 62.0 cm³/mol. The molecular formula is C14H17F3. The highest BCUT2D eigenvalue weighted by atomic mass is 19.4. The van der Waals surface area contributed by atoms with Gasteiger partial charge >= 0.3 is 6.18 Å². The number of hydrogen-bond donors (Lipinski definition) is 0. The second kappa shape index (κ2) is 4.35. The van der Waals surface area contributed by atoms with Crippen LogP contribution in [-0.2, 0) is 12.6 Å². The first-order chi connectivity index (χ1) is 7.91. The van der Waals surface area contributed by atoms with E-state index in [1.54, 1.807) is 0 Å². The predicted octanol–water partition coefficient (Wildman–Crippen LogP) is 4.78. The maximum absolute atomic E-state index is 13.0. The Balaban J connectivity index is 2.57. The molecule has 2 rings (SSSR count). The molecule has 0 saturated carbocycles. The Labute approximate surface area is 99.8 Å². The molecule has 0 fully saturated rings. The van der Waals surface area contributed by atoms with Crippen molar-refractivity contribution >= 4 is 0 Å². The number of aryl methyl sites for hydroxylation is 1. The summed E-state index contributed by atoms with van der Waals surface area (Å²) in [5.74, 6) is 0.314. The average Bonchev–Trinajstić information content (AvgIpc) is 2.26. The molecular weight excluding hydrogens is 225 g/mol. The van der Waals surface area contributed by atoms with Crippen LogP contribution < -0.4 is 0 Å². The summed E-state index contributed by atoms with van der Waals surface area (Å²) >= 11 is 0. The van der Waals surface area contributed by atoms with Gasteiger partial charge in [0.25, 0.3) is 0 Å². The van der Waals surface area contributed by atoms with Crippen molar-refractivity contribution in [1.29, 1.82) is 0 Å². The molecule has 3 heteroatoms. The van der Waals surface area contributed by atoms with E-state index in [0.717, 1.165) is 24.8 Å². The molecule has 0 bridgehead atoms. The van der Waals surface area contributed by atoms with Gasteiger partial charge in [-0.3, -0.25) is 0 Å². The lowest BCUT2D eigenvalue weighted by Gasteiger charge is -2.31. The molecule has 0 N–H and O–H groups in total. The van der Waals surface area contributed by atoms with E-state index in [9.17, 15) is 13.2 Å². The minimum Gasteiger partial charge on any atom is -0.166 e. The highest BCUT2D eigenvalue weighted by Gasteiger charge is 2.37. The zero-order chi connectivity index (χ0) is 12.6. The first-order valence-corrected chi connectivity index (χ1v) is 6.10. The number of rotatable bonds is 1. The van der Waals surface area contributed by atoms with Crippen LogP contribution in [0.5, 0.6) is 0 Å². The Morgan fingerprint density at radius 3 is 2.53 bits per heavy atom. The van der Waals surface area contributed by atoms with Crippen molar-refractivity contribution in [2.24, 2.45) is 5.92 Å². The molecule has 1 aliphatic rings. The van der Waals surface area contributed by atoms with Gasteiger partial charge in [-0.25, -0.2) is 0 Å². The van der Waals surface area contributed by atoms with Gasteiger partial charge in [0.05, 0.1) is 5.56 Å². The Bertz CT molecular complexity index is 404. The van der Waals surface area contributed by atoms with Gasteiger partial charge in [0.2, 0.25) is 0 Å². The lowest BCUT2D eigenvalue weighted by atomic mass is 9.75. The molecule has 0 nitrogen and oxygen atoms in total. The highest BCUT2D eigenvalue weighted by Crippen LogP contribution is 2.43. The van der Waals surface area contributed by atoms with E-state index in [4.69, 9.17) is 0 Å². The Morgan fingerprint density at radius 1 is 1.24 bits per heavy atom. The molecule has 1 unspecified atom stereocenters. The van der Waals surface area contributed by atoms with Crippen molar-refractivity contribution in [2.45, 2.75) is 45.2 Å². The van der Waals surface area contributed by atoms with Crippen LogP contribution in [-0.4, -0.2) is 0 Å². The van der Waals surface area contributed by atoms with E-state index in [1.165, 1.54) is 12.1 Å². The number of benzene rings is 1. The summed E-state index contributed by atoms with van der Waals surface area (Å²) < 4.78 is 39.0. The van der Waals surface area contributed by atoms with E-state index < -0.39 is 11.7 Å². The monoisotopic (exact) mass is 242 g/mol. The van der Waals surface area contributed by atoms with Crippen LogP contribution >= 0.6 is 0 Å². The summed E-state index contributed by atoms with van der Waals surface area (Å²) in [5.41, 5.74) is 1.03. The van der Waals surface area contributed by atoms with Crippen LogP contribution in [0, 0.1) is 5.92 Å². The first kappa shape index (κ1) is 12.5. The first-order valence-electron chi connectivity index (χ1n) is 6.10. The molecule has 1 atom stereocenters. The molecule has 0 heterocycles. The third-order valence-corrected chi connectivity index (χ3v) is 3.64. The maximum atomic E-state index is 13.0. The normalized spacial score (nSPS) is 20.5. The van der Waals surface area contributed by atoms with Gasteiger partial charge in [-0.15, -0.1) is 0 Å². The topological polar surface area (TPSA) is 0 Å². The van der Waals surface area contributed by atoms with Gasteiger partial charge in [-0.05, 0) is 48.3 Å². The fourth-order valence-corrected chi connectivity index (χ4v) is 2.84. The van der Waals surface area contributed by atoms with Crippen LogP contribution in [0.4, 0.5) is 13.2 Å². The summed E-state index contributed by atoms with van der Waals surface area (Å²) in [4.78, 5) is 0. The second-order valence-electron chi connectivity index (χ2n) is 5.12. The average molecular weight is 242 g/mol. The highest BCUT2D eigenvalue weighted by molar-refractivity contribution is 5.41. The maximum Gasteiger partial charge on any atom is 0.416 e. The van der Waals surface area contributed by atoms with Crippen LogP contribution in [0.25, 0.3) is 0 Å². The number of halogens is 3. The molecule has 1 aromatic rings. The van der Waals surface area contributed by atoms with Gasteiger partial charge in [-0.1, -0.05) is 26.0 Å². The van der Waals surface area contributed by atoms with Gasteiger partial charge in [-0.2, -0.15) is 13.2 Å². The summed E-state index contributed by atoms with van der Waals surface area (Å²) in [6.07, 6.45) is -1.58. The molecule has 0 radical (unpaired) electrons. The Kier molecular flexibility index (Phi) is 3.19. The Morgan fingerprint density at radius 2 is 1.94 bits per heavy atom. The standard InChI is InChI=1S/C14H17F3/c1-9(2)11-7-3-5-10-6-4-8-12(13(10)11)14(15,16)17/h4,6,8-9,11H,3,5,7H2,1-2H3. The van der Waals surface area contributed by atoms with Crippen LogP contribution in [0.1, 0.15) is 49.3 Å². The Hall–Kier alpha value is -0.990. The molecule has 0 amide bonds. The third kappa shape index (κ3) is 2.33. The zero-order valence-electron chi connectivity index (χ0n) is 10.1. The van der Waals surface area contributed by atoms with Crippen molar-refractivity contribution < 1.29 is 13.2 Å².